The topological polar surface area (TPSA) is 55.4 Å². The highest BCUT2D eigenvalue weighted by Crippen LogP contribution is 2.66. The molecular formula is C33H35NO3. The fraction of sp³-hybridized carbons (Fsp3) is 0.394. The van der Waals surface area contributed by atoms with E-state index in [1.165, 1.54) is 17.5 Å². The molecule has 0 heterocycles. The van der Waals surface area contributed by atoms with Crippen molar-refractivity contribution < 1.29 is 14.3 Å². The second kappa shape index (κ2) is 9.48. The zero-order valence-corrected chi connectivity index (χ0v) is 21.5. The Morgan fingerprint density at radius 1 is 0.838 bits per heavy atom. The summed E-state index contributed by atoms with van der Waals surface area (Å²) < 4.78 is 5.81. The van der Waals surface area contributed by atoms with Gasteiger partial charge in [0.05, 0.1) is 11.5 Å². The molecule has 4 saturated carbocycles. The Morgan fingerprint density at radius 3 is 1.97 bits per heavy atom. The summed E-state index contributed by atoms with van der Waals surface area (Å²) in [4.78, 5) is 26.7. The molecule has 190 valence electrons. The van der Waals surface area contributed by atoms with Gasteiger partial charge < -0.3 is 10.1 Å². The van der Waals surface area contributed by atoms with Gasteiger partial charge in [-0.15, -0.1) is 0 Å². The molecule has 0 saturated heterocycles. The molecule has 0 radical (unpaired) electrons. The van der Waals surface area contributed by atoms with E-state index in [-0.39, 0.29) is 29.9 Å². The van der Waals surface area contributed by atoms with Crippen LogP contribution in [0.4, 0.5) is 0 Å². The molecule has 37 heavy (non-hydrogen) atoms. The summed E-state index contributed by atoms with van der Waals surface area (Å²) in [5, 5.41) is 3.10. The highest BCUT2D eigenvalue weighted by atomic mass is 16.5. The highest BCUT2D eigenvalue weighted by Gasteiger charge is 2.61. The molecule has 3 aromatic rings. The molecule has 4 aliphatic carbocycles. The predicted molar refractivity (Wildman–Crippen MR) is 144 cm³/mol. The van der Waals surface area contributed by atoms with Crippen LogP contribution in [0.5, 0.6) is 0 Å². The Kier molecular flexibility index (Phi) is 6.14. The van der Waals surface area contributed by atoms with Crippen LogP contribution in [0.15, 0.2) is 84.9 Å². The Morgan fingerprint density at radius 2 is 1.41 bits per heavy atom. The van der Waals surface area contributed by atoms with E-state index in [9.17, 15) is 9.59 Å². The van der Waals surface area contributed by atoms with E-state index >= 15 is 0 Å². The van der Waals surface area contributed by atoms with E-state index in [0.717, 1.165) is 43.2 Å². The van der Waals surface area contributed by atoms with Crippen molar-refractivity contribution in [1.82, 2.24) is 5.32 Å². The number of rotatable bonds is 7. The second-order valence-electron chi connectivity index (χ2n) is 11.8. The van der Waals surface area contributed by atoms with Crippen molar-refractivity contribution in [3.8, 4) is 0 Å². The largest absolute Gasteiger partial charge is 0.455 e. The van der Waals surface area contributed by atoms with Gasteiger partial charge in [-0.25, -0.2) is 0 Å². The minimum Gasteiger partial charge on any atom is -0.455 e. The number of benzene rings is 3. The van der Waals surface area contributed by atoms with Crippen molar-refractivity contribution >= 4 is 11.9 Å². The van der Waals surface area contributed by atoms with Gasteiger partial charge in [0.1, 0.15) is 0 Å². The summed E-state index contributed by atoms with van der Waals surface area (Å²) in [6, 6.07) is 28.4. The summed E-state index contributed by atoms with van der Waals surface area (Å²) >= 11 is 0. The lowest BCUT2D eigenvalue weighted by Gasteiger charge is -2.61. The van der Waals surface area contributed by atoms with Crippen molar-refractivity contribution in [3.63, 3.8) is 0 Å². The quantitative estimate of drug-likeness (QED) is 0.394. The SMILES string of the molecule is Cc1ccc(C23C[C@@H]4C[C@H](CC(C(=O)OCC(=O)NC(c5ccccc5)c5ccccc5)(C4)C2)C3)cc1. The molecule has 1 amide bonds. The third-order valence-electron chi connectivity index (χ3n) is 9.06. The number of esters is 1. The van der Waals surface area contributed by atoms with Crippen LogP contribution in [0.1, 0.15) is 66.8 Å². The Hall–Kier alpha value is -3.40. The van der Waals surface area contributed by atoms with Crippen LogP contribution in [0.3, 0.4) is 0 Å². The van der Waals surface area contributed by atoms with Gasteiger partial charge in [0, 0.05) is 0 Å². The van der Waals surface area contributed by atoms with Gasteiger partial charge in [-0.3, -0.25) is 9.59 Å². The molecule has 0 spiro atoms. The van der Waals surface area contributed by atoms with E-state index < -0.39 is 5.41 Å². The number of nitrogens with one attached hydrogen (secondary N) is 1. The van der Waals surface area contributed by atoms with Gasteiger partial charge in [0.2, 0.25) is 0 Å². The lowest BCUT2D eigenvalue weighted by Crippen LogP contribution is -2.57. The van der Waals surface area contributed by atoms with E-state index in [1.54, 1.807) is 0 Å². The normalized spacial score (nSPS) is 27.7. The smallest absolute Gasteiger partial charge is 0.312 e. The number of aryl methyl sites for hydroxylation is 1. The van der Waals surface area contributed by atoms with Crippen LogP contribution in [-0.2, 0) is 19.7 Å². The first-order valence-corrected chi connectivity index (χ1v) is 13.6. The molecule has 0 aliphatic heterocycles. The van der Waals surface area contributed by atoms with E-state index in [4.69, 9.17) is 4.74 Å². The summed E-state index contributed by atoms with van der Waals surface area (Å²) in [6.45, 7) is 1.87. The fourth-order valence-corrected chi connectivity index (χ4v) is 7.88. The molecule has 2 atom stereocenters. The van der Waals surface area contributed by atoms with Crippen LogP contribution < -0.4 is 5.32 Å². The first kappa shape index (κ1) is 24.0. The molecule has 4 heteroatoms. The van der Waals surface area contributed by atoms with E-state index in [0.29, 0.717) is 11.8 Å². The Bertz CT molecular complexity index is 1210. The molecule has 4 aliphatic rings. The number of carbonyl (C=O) groups excluding carboxylic acids is 2. The van der Waals surface area contributed by atoms with E-state index in [1.807, 2.05) is 60.7 Å². The highest BCUT2D eigenvalue weighted by molar-refractivity contribution is 5.84. The Balaban J connectivity index is 1.16. The van der Waals surface area contributed by atoms with Crippen LogP contribution in [-0.4, -0.2) is 18.5 Å². The molecule has 4 fully saturated rings. The summed E-state index contributed by atoms with van der Waals surface area (Å²) in [5.74, 6) is 0.669. The van der Waals surface area contributed by atoms with Crippen molar-refractivity contribution in [1.29, 1.82) is 0 Å². The summed E-state index contributed by atoms with van der Waals surface area (Å²) in [5.41, 5.74) is 4.22. The fourth-order valence-electron chi connectivity index (χ4n) is 7.88. The van der Waals surface area contributed by atoms with Crippen molar-refractivity contribution in [3.05, 3.63) is 107 Å². The molecule has 7 rings (SSSR count). The number of carbonyl (C=O) groups is 2. The minimum atomic E-state index is -0.465. The molecule has 0 aromatic heterocycles. The summed E-state index contributed by atoms with van der Waals surface area (Å²) in [7, 11) is 0. The van der Waals surface area contributed by atoms with Gasteiger partial charge in [0.15, 0.2) is 6.61 Å². The monoisotopic (exact) mass is 493 g/mol. The van der Waals surface area contributed by atoms with E-state index in [2.05, 4.69) is 36.5 Å². The second-order valence-corrected chi connectivity index (χ2v) is 11.8. The zero-order chi connectivity index (χ0) is 25.5. The standard InChI is InChI=1S/C33H35NO3/c1-23-12-14-28(15-13-23)32-17-24-16-25(18-32)20-33(19-24,22-32)31(36)37-21-29(35)34-30(26-8-4-2-5-9-26)27-10-6-3-7-11-27/h2-15,24-25,30H,16-22H2,1H3,(H,34,35)/t24-,25-,32?,33?/m0/s1. The van der Waals surface area contributed by atoms with Crippen LogP contribution in [0, 0.1) is 24.2 Å². The minimum absolute atomic E-state index is 0.0603. The molecule has 1 N–H and O–H groups in total. The van der Waals surface area contributed by atoms with Gasteiger partial charge >= 0.3 is 5.97 Å². The van der Waals surface area contributed by atoms with Gasteiger partial charge in [-0.2, -0.15) is 0 Å². The van der Waals surface area contributed by atoms with Crippen molar-refractivity contribution in [2.24, 2.45) is 17.3 Å². The average molecular weight is 494 g/mol. The Labute approximate surface area is 219 Å². The predicted octanol–water partition coefficient (Wildman–Crippen LogP) is 6.28. The maximum absolute atomic E-state index is 13.7. The maximum atomic E-state index is 13.7. The van der Waals surface area contributed by atoms with Crippen molar-refractivity contribution in [2.45, 2.75) is 56.9 Å². The van der Waals surface area contributed by atoms with Crippen LogP contribution in [0.2, 0.25) is 0 Å². The lowest BCUT2D eigenvalue weighted by molar-refractivity contribution is -0.175. The molecule has 0 unspecified atom stereocenters. The number of ether oxygens (including phenoxy) is 1. The number of hydrogen-bond donors (Lipinski definition) is 1. The number of amides is 1. The molecule has 3 aromatic carbocycles. The molecule has 4 nitrogen and oxygen atoms in total. The summed E-state index contributed by atoms with van der Waals surface area (Å²) in [6.07, 6.45) is 6.18. The molecular weight excluding hydrogens is 458 g/mol. The first-order chi connectivity index (χ1) is 17.9. The van der Waals surface area contributed by atoms with Gasteiger partial charge in [-0.1, -0.05) is 90.5 Å². The average Bonchev–Trinajstić information content (AvgIpc) is 2.91. The number of hydrogen-bond acceptors (Lipinski definition) is 3. The van der Waals surface area contributed by atoms with Gasteiger partial charge in [0.25, 0.3) is 5.91 Å². The first-order valence-electron chi connectivity index (χ1n) is 13.6. The third-order valence-corrected chi connectivity index (χ3v) is 9.06. The third kappa shape index (κ3) is 4.58. The van der Waals surface area contributed by atoms with Crippen LogP contribution in [0.25, 0.3) is 0 Å². The maximum Gasteiger partial charge on any atom is 0.312 e. The van der Waals surface area contributed by atoms with Gasteiger partial charge in [-0.05, 0) is 79.4 Å². The van der Waals surface area contributed by atoms with Crippen LogP contribution >= 0.6 is 0 Å². The zero-order valence-electron chi connectivity index (χ0n) is 21.5. The van der Waals surface area contributed by atoms with Crippen molar-refractivity contribution in [2.75, 3.05) is 6.61 Å². The molecule has 4 bridgehead atoms. The lowest BCUT2D eigenvalue weighted by atomic mass is 9.43.